The van der Waals surface area contributed by atoms with Crippen molar-refractivity contribution in [3.05, 3.63) is 89.5 Å². The molecule has 0 fully saturated rings. The Labute approximate surface area is 170 Å². The van der Waals surface area contributed by atoms with Crippen molar-refractivity contribution in [3.8, 4) is 5.75 Å². The monoisotopic (exact) mass is 388 g/mol. The van der Waals surface area contributed by atoms with Crippen LogP contribution in [0.4, 0.5) is 11.4 Å². The number of rotatable bonds is 6. The molecule has 3 rings (SSSR count). The molecule has 1 atom stereocenters. The number of carbonyl (C=O) groups is 2. The van der Waals surface area contributed by atoms with Gasteiger partial charge in [-0.1, -0.05) is 36.4 Å². The van der Waals surface area contributed by atoms with Crippen LogP contribution in [0.5, 0.6) is 5.75 Å². The summed E-state index contributed by atoms with van der Waals surface area (Å²) in [5, 5.41) is 5.67. The number of nitrogens with one attached hydrogen (secondary N) is 2. The Balaban J connectivity index is 1.59. The molecule has 0 unspecified atom stereocenters. The van der Waals surface area contributed by atoms with E-state index in [1.54, 1.807) is 43.3 Å². The van der Waals surface area contributed by atoms with Gasteiger partial charge in [0.1, 0.15) is 5.75 Å². The summed E-state index contributed by atoms with van der Waals surface area (Å²) in [6, 6.07) is 21.8. The lowest BCUT2D eigenvalue weighted by Gasteiger charge is -2.18. The van der Waals surface area contributed by atoms with E-state index in [4.69, 9.17) is 4.74 Å². The van der Waals surface area contributed by atoms with Gasteiger partial charge in [0.25, 0.3) is 11.8 Å². The summed E-state index contributed by atoms with van der Waals surface area (Å²) in [5.74, 6) is 0.306. The molecule has 2 N–H and O–H groups in total. The van der Waals surface area contributed by atoms with Gasteiger partial charge in [0.05, 0.1) is 0 Å². The lowest BCUT2D eigenvalue weighted by Crippen LogP contribution is -2.30. The molecule has 3 aromatic carbocycles. The lowest BCUT2D eigenvalue weighted by molar-refractivity contribution is -0.122. The average Bonchev–Trinajstić information content (AvgIpc) is 2.72. The maximum absolute atomic E-state index is 12.5. The van der Waals surface area contributed by atoms with Gasteiger partial charge in [0.2, 0.25) is 0 Å². The van der Waals surface area contributed by atoms with Gasteiger partial charge in [-0.15, -0.1) is 0 Å². The highest BCUT2D eigenvalue weighted by molar-refractivity contribution is 6.04. The minimum Gasteiger partial charge on any atom is -0.480 e. The fraction of sp³-hybridized carbons (Fsp3) is 0.167. The van der Waals surface area contributed by atoms with E-state index >= 15 is 0 Å². The van der Waals surface area contributed by atoms with Crippen LogP contribution in [0.1, 0.15) is 28.4 Å². The topological polar surface area (TPSA) is 67.4 Å². The van der Waals surface area contributed by atoms with Crippen molar-refractivity contribution in [2.45, 2.75) is 26.9 Å². The molecular weight excluding hydrogens is 364 g/mol. The number of carbonyl (C=O) groups excluding carboxylic acids is 2. The van der Waals surface area contributed by atoms with Crippen LogP contribution in [0.2, 0.25) is 0 Å². The van der Waals surface area contributed by atoms with Gasteiger partial charge >= 0.3 is 0 Å². The zero-order valence-electron chi connectivity index (χ0n) is 16.7. The highest BCUT2D eigenvalue weighted by atomic mass is 16.5. The summed E-state index contributed by atoms with van der Waals surface area (Å²) in [6.07, 6.45) is -0.646. The summed E-state index contributed by atoms with van der Waals surface area (Å²) in [6.45, 7) is 5.63. The molecule has 0 aliphatic rings. The molecule has 29 heavy (non-hydrogen) atoms. The molecule has 3 aromatic rings. The maximum Gasteiger partial charge on any atom is 0.265 e. The van der Waals surface area contributed by atoms with E-state index in [-0.39, 0.29) is 11.8 Å². The first-order valence-electron chi connectivity index (χ1n) is 9.44. The van der Waals surface area contributed by atoms with E-state index < -0.39 is 6.10 Å². The number of hydrogen-bond donors (Lipinski definition) is 2. The van der Waals surface area contributed by atoms with Gasteiger partial charge in [0, 0.05) is 16.9 Å². The van der Waals surface area contributed by atoms with Crippen LogP contribution in [0.25, 0.3) is 0 Å². The number of anilines is 2. The third-order valence-electron chi connectivity index (χ3n) is 4.52. The highest BCUT2D eigenvalue weighted by Crippen LogP contribution is 2.24. The van der Waals surface area contributed by atoms with Gasteiger partial charge in [-0.05, 0) is 68.3 Å². The van der Waals surface area contributed by atoms with E-state index in [1.165, 1.54) is 0 Å². The Morgan fingerprint density at radius 3 is 1.90 bits per heavy atom. The fourth-order valence-corrected chi connectivity index (χ4v) is 2.89. The lowest BCUT2D eigenvalue weighted by atomic mass is 10.1. The van der Waals surface area contributed by atoms with E-state index in [9.17, 15) is 9.59 Å². The zero-order chi connectivity index (χ0) is 20.8. The second kappa shape index (κ2) is 9.06. The van der Waals surface area contributed by atoms with E-state index in [0.29, 0.717) is 16.9 Å². The smallest absolute Gasteiger partial charge is 0.265 e. The Hall–Kier alpha value is -3.60. The molecule has 0 aromatic heterocycles. The molecule has 0 spiro atoms. The van der Waals surface area contributed by atoms with Crippen LogP contribution >= 0.6 is 0 Å². The second-order valence-electron chi connectivity index (χ2n) is 6.87. The summed E-state index contributed by atoms with van der Waals surface area (Å²) >= 11 is 0. The SMILES string of the molecule is Cc1cccc(C)c1O[C@@H](C)C(=O)Nc1ccc(NC(=O)c2ccccc2)cc1. The Morgan fingerprint density at radius 1 is 0.759 bits per heavy atom. The van der Waals surface area contributed by atoms with Crippen molar-refractivity contribution in [1.82, 2.24) is 0 Å². The van der Waals surface area contributed by atoms with Crippen LogP contribution in [0.15, 0.2) is 72.8 Å². The van der Waals surface area contributed by atoms with Crippen LogP contribution in [-0.2, 0) is 4.79 Å². The predicted molar refractivity (Wildman–Crippen MR) is 115 cm³/mol. The minimum atomic E-state index is -0.646. The molecule has 2 amide bonds. The van der Waals surface area contributed by atoms with Crippen molar-refractivity contribution < 1.29 is 14.3 Å². The number of benzene rings is 3. The van der Waals surface area contributed by atoms with Gasteiger partial charge in [-0.3, -0.25) is 9.59 Å². The number of hydrogen-bond acceptors (Lipinski definition) is 3. The van der Waals surface area contributed by atoms with Crippen LogP contribution in [0.3, 0.4) is 0 Å². The summed E-state index contributed by atoms with van der Waals surface area (Å²) in [7, 11) is 0. The molecule has 0 bridgehead atoms. The molecule has 0 heterocycles. The van der Waals surface area contributed by atoms with Gasteiger partial charge in [-0.2, -0.15) is 0 Å². The van der Waals surface area contributed by atoms with Gasteiger partial charge in [-0.25, -0.2) is 0 Å². The number of amides is 2. The summed E-state index contributed by atoms with van der Waals surface area (Å²) in [5.41, 5.74) is 3.84. The number of para-hydroxylation sites is 1. The first-order chi connectivity index (χ1) is 13.9. The maximum atomic E-state index is 12.5. The van der Waals surface area contributed by atoms with Crippen molar-refractivity contribution in [1.29, 1.82) is 0 Å². The third-order valence-corrected chi connectivity index (χ3v) is 4.52. The predicted octanol–water partition coefficient (Wildman–Crippen LogP) is 4.96. The number of aryl methyl sites for hydroxylation is 2. The number of ether oxygens (including phenoxy) is 1. The zero-order valence-corrected chi connectivity index (χ0v) is 16.7. The van der Waals surface area contributed by atoms with Crippen molar-refractivity contribution in [2.24, 2.45) is 0 Å². The molecular formula is C24H24N2O3. The molecule has 0 saturated carbocycles. The standard InChI is InChI=1S/C24H24N2O3/c1-16-8-7-9-17(2)22(16)29-18(3)23(27)25-20-12-14-21(15-13-20)26-24(28)19-10-5-4-6-11-19/h4-15,18H,1-3H3,(H,25,27)(H,26,28)/t18-/m0/s1. The Bertz CT molecular complexity index is 978. The van der Waals surface area contributed by atoms with E-state index in [0.717, 1.165) is 16.9 Å². The van der Waals surface area contributed by atoms with Crippen molar-refractivity contribution in [2.75, 3.05) is 10.6 Å². The summed E-state index contributed by atoms with van der Waals surface area (Å²) in [4.78, 5) is 24.7. The Kier molecular flexibility index (Phi) is 6.29. The van der Waals surface area contributed by atoms with E-state index in [2.05, 4.69) is 10.6 Å². The third kappa shape index (κ3) is 5.23. The van der Waals surface area contributed by atoms with E-state index in [1.807, 2.05) is 50.2 Å². The Morgan fingerprint density at radius 2 is 1.31 bits per heavy atom. The first-order valence-corrected chi connectivity index (χ1v) is 9.44. The minimum absolute atomic E-state index is 0.182. The van der Waals surface area contributed by atoms with Crippen LogP contribution < -0.4 is 15.4 Å². The molecule has 148 valence electrons. The molecule has 5 nitrogen and oxygen atoms in total. The first kappa shape index (κ1) is 20.1. The fourth-order valence-electron chi connectivity index (χ4n) is 2.89. The largest absolute Gasteiger partial charge is 0.480 e. The highest BCUT2D eigenvalue weighted by Gasteiger charge is 2.17. The van der Waals surface area contributed by atoms with Gasteiger partial charge < -0.3 is 15.4 Å². The molecule has 0 radical (unpaired) electrons. The average molecular weight is 388 g/mol. The molecule has 0 aliphatic carbocycles. The van der Waals surface area contributed by atoms with Crippen LogP contribution in [0, 0.1) is 13.8 Å². The van der Waals surface area contributed by atoms with Crippen molar-refractivity contribution in [3.63, 3.8) is 0 Å². The van der Waals surface area contributed by atoms with Crippen molar-refractivity contribution >= 4 is 23.2 Å². The van der Waals surface area contributed by atoms with Crippen LogP contribution in [-0.4, -0.2) is 17.9 Å². The molecule has 0 saturated heterocycles. The summed E-state index contributed by atoms with van der Waals surface area (Å²) < 4.78 is 5.87. The van der Waals surface area contributed by atoms with Gasteiger partial charge in [0.15, 0.2) is 6.10 Å². The molecule has 5 heteroatoms. The normalized spacial score (nSPS) is 11.4. The second-order valence-corrected chi connectivity index (χ2v) is 6.87. The molecule has 0 aliphatic heterocycles. The quantitative estimate of drug-likeness (QED) is 0.627.